The molecule has 100 valence electrons. The van der Waals surface area contributed by atoms with Crippen molar-refractivity contribution >= 4 is 17.4 Å². The molecule has 1 aromatic carbocycles. The van der Waals surface area contributed by atoms with Crippen LogP contribution in [-0.4, -0.2) is 30.6 Å². The third-order valence-electron chi connectivity index (χ3n) is 2.33. The van der Waals surface area contributed by atoms with Gasteiger partial charge in [-0.15, -0.1) is 0 Å². The zero-order valence-corrected chi connectivity index (χ0v) is 11.2. The van der Waals surface area contributed by atoms with Gasteiger partial charge >= 0.3 is 0 Å². The molecule has 0 heterocycles. The van der Waals surface area contributed by atoms with Crippen molar-refractivity contribution in [2.24, 2.45) is 5.73 Å². The lowest BCUT2D eigenvalue weighted by Gasteiger charge is -2.11. The van der Waals surface area contributed by atoms with E-state index in [4.69, 9.17) is 15.2 Å². The van der Waals surface area contributed by atoms with E-state index in [9.17, 15) is 10.1 Å². The molecule has 18 heavy (non-hydrogen) atoms. The fourth-order valence-corrected chi connectivity index (χ4v) is 1.68. The molecule has 0 saturated heterocycles. The van der Waals surface area contributed by atoms with Gasteiger partial charge in [0, 0.05) is 17.9 Å². The van der Waals surface area contributed by atoms with E-state index in [1.165, 1.54) is 13.2 Å². The number of nitrogens with zero attached hydrogens (tertiary/aromatic N) is 1. The minimum absolute atomic E-state index is 0.0440. The molecule has 0 bridgehead atoms. The molecule has 0 aliphatic rings. The molecule has 1 rings (SSSR count). The molecule has 0 fully saturated rings. The van der Waals surface area contributed by atoms with Crippen molar-refractivity contribution in [1.29, 1.82) is 0 Å². The van der Waals surface area contributed by atoms with Crippen molar-refractivity contribution in [2.75, 3.05) is 25.7 Å². The van der Waals surface area contributed by atoms with Gasteiger partial charge in [0.05, 0.1) is 24.7 Å². The molecule has 0 amide bonds. The first-order valence-corrected chi connectivity index (χ1v) is 6.70. The molecule has 7 heteroatoms. The average Bonchev–Trinajstić information content (AvgIpc) is 2.38. The molecule has 6 nitrogen and oxygen atoms in total. The Labute approximate surface area is 110 Å². The smallest absolute Gasteiger partial charge is 0.277 e. The number of hydrogen-bond acceptors (Lipinski definition) is 6. The zero-order chi connectivity index (χ0) is 13.5. The highest BCUT2D eigenvalue weighted by atomic mass is 32.2. The van der Waals surface area contributed by atoms with E-state index >= 15 is 0 Å². The normalized spacial score (nSPS) is 10.2. The number of nitro benzene ring substituents is 1. The van der Waals surface area contributed by atoms with Crippen LogP contribution in [0.15, 0.2) is 12.1 Å². The van der Waals surface area contributed by atoms with Crippen LogP contribution in [0.1, 0.15) is 5.56 Å². The first-order chi connectivity index (χ1) is 8.63. The summed E-state index contributed by atoms with van der Waals surface area (Å²) in [5, 5.41) is 10.9. The molecule has 0 aliphatic heterocycles. The second-order valence-electron chi connectivity index (χ2n) is 3.43. The van der Waals surface area contributed by atoms with E-state index < -0.39 is 4.92 Å². The Morgan fingerprint density at radius 2 is 2.17 bits per heavy atom. The van der Waals surface area contributed by atoms with Crippen LogP contribution in [0, 0.1) is 10.1 Å². The van der Waals surface area contributed by atoms with Gasteiger partial charge in [-0.3, -0.25) is 10.1 Å². The maximum absolute atomic E-state index is 10.9. The summed E-state index contributed by atoms with van der Waals surface area (Å²) < 4.78 is 10.6. The highest BCUT2D eigenvalue weighted by Crippen LogP contribution is 2.34. The number of nitrogens with two attached hydrogens (primary N) is 1. The largest absolute Gasteiger partial charge is 0.493 e. The van der Waals surface area contributed by atoms with Crippen LogP contribution in [0.5, 0.6) is 11.5 Å². The summed E-state index contributed by atoms with van der Waals surface area (Å²) in [5.41, 5.74) is 5.86. The Hall–Kier alpha value is -1.47. The van der Waals surface area contributed by atoms with Crippen molar-refractivity contribution in [1.82, 2.24) is 0 Å². The topological polar surface area (TPSA) is 87.6 Å². The van der Waals surface area contributed by atoms with E-state index in [-0.39, 0.29) is 12.2 Å². The fourth-order valence-electron chi connectivity index (χ4n) is 1.43. The maximum Gasteiger partial charge on any atom is 0.277 e. The zero-order valence-electron chi connectivity index (χ0n) is 10.3. The third kappa shape index (κ3) is 3.51. The van der Waals surface area contributed by atoms with Crippen LogP contribution in [-0.2, 0) is 6.54 Å². The Morgan fingerprint density at radius 1 is 1.44 bits per heavy atom. The van der Waals surface area contributed by atoms with Crippen molar-refractivity contribution in [3.05, 3.63) is 27.8 Å². The van der Waals surface area contributed by atoms with Gasteiger partial charge in [0.25, 0.3) is 5.69 Å². The molecule has 0 spiro atoms. The fraction of sp³-hybridized carbons (Fsp3) is 0.455. The first kappa shape index (κ1) is 14.6. The van der Waals surface area contributed by atoms with Crippen molar-refractivity contribution in [2.45, 2.75) is 6.54 Å². The number of nitro groups is 1. The number of hydrogen-bond donors (Lipinski definition) is 1. The van der Waals surface area contributed by atoms with E-state index in [1.807, 2.05) is 6.26 Å². The molecule has 0 saturated carbocycles. The SMILES string of the molecule is COc1cc(CN)c([N+](=O)[O-])cc1OCCSC. The molecular weight excluding hydrogens is 256 g/mol. The molecule has 1 aromatic rings. The van der Waals surface area contributed by atoms with Crippen molar-refractivity contribution < 1.29 is 14.4 Å². The summed E-state index contributed by atoms with van der Waals surface area (Å²) in [6.07, 6.45) is 1.96. The Bertz CT molecular complexity index is 426. The minimum atomic E-state index is -0.469. The summed E-state index contributed by atoms with van der Waals surface area (Å²) >= 11 is 1.63. The standard InChI is InChI=1S/C11H16N2O4S/c1-16-10-5-8(7-12)9(13(14)15)6-11(10)17-3-4-18-2/h5-6H,3-4,7,12H2,1-2H3. The second kappa shape index (κ2) is 7.07. The van der Waals surface area contributed by atoms with Gasteiger partial charge in [0.1, 0.15) is 0 Å². The van der Waals surface area contributed by atoms with Crippen LogP contribution in [0.2, 0.25) is 0 Å². The van der Waals surface area contributed by atoms with E-state index in [1.54, 1.807) is 17.8 Å². The number of methoxy groups -OCH3 is 1. The Balaban J connectivity index is 3.07. The highest BCUT2D eigenvalue weighted by Gasteiger charge is 2.18. The predicted octanol–water partition coefficient (Wildman–Crippen LogP) is 1.80. The molecule has 0 aliphatic carbocycles. The molecule has 2 N–H and O–H groups in total. The molecule has 0 unspecified atom stereocenters. The van der Waals surface area contributed by atoms with Crippen LogP contribution < -0.4 is 15.2 Å². The predicted molar refractivity (Wildman–Crippen MR) is 71.4 cm³/mol. The lowest BCUT2D eigenvalue weighted by Crippen LogP contribution is -2.06. The van der Waals surface area contributed by atoms with Gasteiger partial charge in [-0.2, -0.15) is 11.8 Å². The van der Waals surface area contributed by atoms with Crippen LogP contribution in [0.25, 0.3) is 0 Å². The van der Waals surface area contributed by atoms with Gasteiger partial charge in [0.15, 0.2) is 11.5 Å². The first-order valence-electron chi connectivity index (χ1n) is 5.31. The second-order valence-corrected chi connectivity index (χ2v) is 4.42. The monoisotopic (exact) mass is 272 g/mol. The average molecular weight is 272 g/mol. The Kier molecular flexibility index (Phi) is 5.73. The van der Waals surface area contributed by atoms with Crippen LogP contribution in [0.4, 0.5) is 5.69 Å². The lowest BCUT2D eigenvalue weighted by molar-refractivity contribution is -0.385. The molecule has 0 aromatic heterocycles. The number of rotatable bonds is 7. The van der Waals surface area contributed by atoms with Gasteiger partial charge in [0.2, 0.25) is 0 Å². The summed E-state index contributed by atoms with van der Waals surface area (Å²) in [6.45, 7) is 0.550. The molecule has 0 radical (unpaired) electrons. The summed E-state index contributed by atoms with van der Waals surface area (Å²) in [7, 11) is 1.49. The quantitative estimate of drug-likeness (QED) is 0.462. The minimum Gasteiger partial charge on any atom is -0.493 e. The van der Waals surface area contributed by atoms with Crippen molar-refractivity contribution in [3.63, 3.8) is 0 Å². The van der Waals surface area contributed by atoms with E-state index in [0.29, 0.717) is 23.7 Å². The summed E-state index contributed by atoms with van der Waals surface area (Å²) in [6, 6.07) is 2.91. The molecular formula is C11H16N2O4S. The Morgan fingerprint density at radius 3 is 2.67 bits per heavy atom. The number of ether oxygens (including phenoxy) is 2. The van der Waals surface area contributed by atoms with Crippen molar-refractivity contribution in [3.8, 4) is 11.5 Å². The summed E-state index contributed by atoms with van der Waals surface area (Å²) in [4.78, 5) is 10.4. The molecule has 0 atom stereocenters. The van der Waals surface area contributed by atoms with Gasteiger partial charge in [-0.1, -0.05) is 0 Å². The lowest BCUT2D eigenvalue weighted by atomic mass is 10.1. The van der Waals surface area contributed by atoms with Crippen LogP contribution in [0.3, 0.4) is 0 Å². The van der Waals surface area contributed by atoms with Gasteiger partial charge in [-0.25, -0.2) is 0 Å². The van der Waals surface area contributed by atoms with Gasteiger partial charge < -0.3 is 15.2 Å². The van der Waals surface area contributed by atoms with Gasteiger partial charge in [-0.05, 0) is 12.3 Å². The summed E-state index contributed by atoms with van der Waals surface area (Å²) in [5.74, 6) is 1.63. The highest BCUT2D eigenvalue weighted by molar-refractivity contribution is 7.98. The van der Waals surface area contributed by atoms with Crippen LogP contribution >= 0.6 is 11.8 Å². The van der Waals surface area contributed by atoms with E-state index in [2.05, 4.69) is 0 Å². The third-order valence-corrected chi connectivity index (χ3v) is 2.90. The van der Waals surface area contributed by atoms with E-state index in [0.717, 1.165) is 5.75 Å². The number of benzene rings is 1. The number of thioether (sulfide) groups is 1. The maximum atomic E-state index is 10.9.